The molecule has 1 atom stereocenters. The van der Waals surface area contributed by atoms with Gasteiger partial charge < -0.3 is 10.0 Å². The fraction of sp³-hybridized carbons (Fsp3) is 0.375. The van der Waals surface area contributed by atoms with Crippen LogP contribution in [0.2, 0.25) is 0 Å². The summed E-state index contributed by atoms with van der Waals surface area (Å²) in [6.45, 7) is 2.73. The maximum Gasteiger partial charge on any atom is 0.308 e. The zero-order valence-corrected chi connectivity index (χ0v) is 11.6. The van der Waals surface area contributed by atoms with E-state index in [0.717, 1.165) is 12.0 Å². The molecule has 1 amide bonds. The Morgan fingerprint density at radius 1 is 1.30 bits per heavy atom. The first-order chi connectivity index (χ1) is 9.58. The highest BCUT2D eigenvalue weighted by Crippen LogP contribution is 2.19. The van der Waals surface area contributed by atoms with Crippen molar-refractivity contribution in [3.8, 4) is 0 Å². The second kappa shape index (κ2) is 6.37. The van der Waals surface area contributed by atoms with Crippen LogP contribution in [0.25, 0.3) is 6.08 Å². The molecule has 4 nitrogen and oxygen atoms in total. The van der Waals surface area contributed by atoms with Gasteiger partial charge in [-0.05, 0) is 31.4 Å². The van der Waals surface area contributed by atoms with E-state index in [1.54, 1.807) is 11.8 Å². The Labute approximate surface area is 118 Å². The van der Waals surface area contributed by atoms with Gasteiger partial charge in [-0.25, -0.2) is 0 Å². The maximum absolute atomic E-state index is 12.3. The number of rotatable bonds is 3. The van der Waals surface area contributed by atoms with Gasteiger partial charge in [0.2, 0.25) is 5.91 Å². The second-order valence-corrected chi connectivity index (χ2v) is 5.17. The summed E-state index contributed by atoms with van der Waals surface area (Å²) in [6, 6.07) is 9.65. The van der Waals surface area contributed by atoms with Gasteiger partial charge in [0.15, 0.2) is 0 Å². The molecule has 1 aromatic rings. The summed E-state index contributed by atoms with van der Waals surface area (Å²) < 4.78 is 0. The lowest BCUT2D eigenvalue weighted by atomic mass is 9.97. The molecule has 1 heterocycles. The first-order valence-corrected chi connectivity index (χ1v) is 6.83. The Bertz CT molecular complexity index is 522. The average Bonchev–Trinajstić information content (AvgIpc) is 2.47. The van der Waals surface area contributed by atoms with E-state index in [1.807, 2.05) is 36.4 Å². The van der Waals surface area contributed by atoms with Crippen LogP contribution in [0.15, 0.2) is 35.9 Å². The monoisotopic (exact) mass is 273 g/mol. The van der Waals surface area contributed by atoms with E-state index >= 15 is 0 Å². The van der Waals surface area contributed by atoms with Gasteiger partial charge in [-0.1, -0.05) is 30.3 Å². The van der Waals surface area contributed by atoms with Crippen LogP contribution < -0.4 is 0 Å². The number of amides is 1. The van der Waals surface area contributed by atoms with Crippen LogP contribution in [0.5, 0.6) is 0 Å². The lowest BCUT2D eigenvalue weighted by molar-refractivity contribution is -0.145. The van der Waals surface area contributed by atoms with Crippen molar-refractivity contribution in [3.05, 3.63) is 41.5 Å². The highest BCUT2D eigenvalue weighted by molar-refractivity contribution is 5.97. The van der Waals surface area contributed by atoms with E-state index in [4.69, 9.17) is 5.11 Å². The van der Waals surface area contributed by atoms with Crippen LogP contribution in [0.1, 0.15) is 25.3 Å². The van der Waals surface area contributed by atoms with Crippen LogP contribution in [-0.2, 0) is 9.59 Å². The summed E-state index contributed by atoms with van der Waals surface area (Å²) in [7, 11) is 0. The number of piperidine rings is 1. The number of benzene rings is 1. The van der Waals surface area contributed by atoms with Gasteiger partial charge in [0.1, 0.15) is 0 Å². The first-order valence-electron chi connectivity index (χ1n) is 6.83. The first kappa shape index (κ1) is 14.3. The van der Waals surface area contributed by atoms with Crippen LogP contribution in [0.3, 0.4) is 0 Å². The van der Waals surface area contributed by atoms with E-state index in [9.17, 15) is 9.59 Å². The van der Waals surface area contributed by atoms with Crippen molar-refractivity contribution in [2.75, 3.05) is 13.1 Å². The summed E-state index contributed by atoms with van der Waals surface area (Å²) in [5.74, 6) is -1.32. The van der Waals surface area contributed by atoms with Crippen molar-refractivity contribution in [1.82, 2.24) is 4.90 Å². The number of hydrogen-bond donors (Lipinski definition) is 1. The van der Waals surface area contributed by atoms with E-state index in [0.29, 0.717) is 25.1 Å². The SMILES string of the molecule is C/C(=C\c1ccccc1)C(=O)N1CCCC(C(=O)O)C1. The molecule has 1 aliphatic rings. The molecule has 0 aromatic heterocycles. The maximum atomic E-state index is 12.3. The van der Waals surface area contributed by atoms with Crippen LogP contribution in [0.4, 0.5) is 0 Å². The molecule has 4 heteroatoms. The van der Waals surface area contributed by atoms with Crippen molar-refractivity contribution < 1.29 is 14.7 Å². The van der Waals surface area contributed by atoms with Crippen molar-refractivity contribution in [3.63, 3.8) is 0 Å². The predicted molar refractivity (Wildman–Crippen MR) is 77.0 cm³/mol. The number of nitrogens with zero attached hydrogens (tertiary/aromatic N) is 1. The number of hydrogen-bond acceptors (Lipinski definition) is 2. The number of carbonyl (C=O) groups is 2. The van der Waals surface area contributed by atoms with Crippen molar-refractivity contribution >= 4 is 18.0 Å². The van der Waals surface area contributed by atoms with Crippen molar-refractivity contribution in [1.29, 1.82) is 0 Å². The zero-order chi connectivity index (χ0) is 14.5. The molecule has 1 aliphatic heterocycles. The molecule has 1 N–H and O–H groups in total. The quantitative estimate of drug-likeness (QED) is 0.860. The van der Waals surface area contributed by atoms with Gasteiger partial charge in [-0.15, -0.1) is 0 Å². The summed E-state index contributed by atoms with van der Waals surface area (Å²) in [4.78, 5) is 25.0. The summed E-state index contributed by atoms with van der Waals surface area (Å²) in [5.41, 5.74) is 1.62. The molecule has 0 bridgehead atoms. The standard InChI is InChI=1S/C16H19NO3/c1-12(10-13-6-3-2-4-7-13)15(18)17-9-5-8-14(11-17)16(19)20/h2-4,6-7,10,14H,5,8-9,11H2,1H3,(H,19,20)/b12-10+. The number of carbonyl (C=O) groups excluding carboxylic acids is 1. The topological polar surface area (TPSA) is 57.6 Å². The van der Waals surface area contributed by atoms with E-state index in [1.165, 1.54) is 0 Å². The fourth-order valence-electron chi connectivity index (χ4n) is 2.47. The average molecular weight is 273 g/mol. The number of aliphatic carboxylic acids is 1. The fourth-order valence-corrected chi connectivity index (χ4v) is 2.47. The summed E-state index contributed by atoms with van der Waals surface area (Å²) >= 11 is 0. The Morgan fingerprint density at radius 2 is 2.00 bits per heavy atom. The minimum atomic E-state index is -0.813. The Morgan fingerprint density at radius 3 is 2.65 bits per heavy atom. The van der Waals surface area contributed by atoms with Gasteiger partial charge in [-0.3, -0.25) is 9.59 Å². The van der Waals surface area contributed by atoms with Crippen LogP contribution in [-0.4, -0.2) is 35.0 Å². The molecule has 1 fully saturated rings. The molecule has 0 radical (unpaired) electrons. The van der Waals surface area contributed by atoms with Crippen LogP contribution >= 0.6 is 0 Å². The van der Waals surface area contributed by atoms with Gasteiger partial charge in [0, 0.05) is 18.7 Å². The molecule has 0 spiro atoms. The molecule has 0 saturated carbocycles. The minimum Gasteiger partial charge on any atom is -0.481 e. The minimum absolute atomic E-state index is 0.0696. The predicted octanol–water partition coefficient (Wildman–Crippen LogP) is 2.41. The second-order valence-electron chi connectivity index (χ2n) is 5.17. The van der Waals surface area contributed by atoms with Crippen molar-refractivity contribution in [2.45, 2.75) is 19.8 Å². The van der Waals surface area contributed by atoms with E-state index in [-0.39, 0.29) is 5.91 Å². The Hall–Kier alpha value is -2.10. The third-order valence-corrected chi connectivity index (χ3v) is 3.58. The normalized spacial score (nSPS) is 19.8. The molecule has 2 rings (SSSR count). The van der Waals surface area contributed by atoms with E-state index in [2.05, 4.69) is 0 Å². The van der Waals surface area contributed by atoms with Gasteiger partial charge in [0.25, 0.3) is 0 Å². The zero-order valence-electron chi connectivity index (χ0n) is 11.6. The summed E-state index contributed by atoms with van der Waals surface area (Å²) in [6.07, 6.45) is 3.24. The lowest BCUT2D eigenvalue weighted by Crippen LogP contribution is -2.42. The number of carboxylic acid groups (broad SMARTS) is 1. The molecule has 0 aliphatic carbocycles. The Kier molecular flexibility index (Phi) is 4.56. The van der Waals surface area contributed by atoms with E-state index < -0.39 is 11.9 Å². The molecule has 1 unspecified atom stereocenters. The van der Waals surface area contributed by atoms with Crippen LogP contribution in [0, 0.1) is 5.92 Å². The largest absolute Gasteiger partial charge is 0.481 e. The highest BCUT2D eigenvalue weighted by Gasteiger charge is 2.28. The third kappa shape index (κ3) is 3.47. The molecule has 20 heavy (non-hydrogen) atoms. The number of likely N-dealkylation sites (tertiary alicyclic amines) is 1. The molecular formula is C16H19NO3. The third-order valence-electron chi connectivity index (χ3n) is 3.58. The van der Waals surface area contributed by atoms with Gasteiger partial charge in [0.05, 0.1) is 5.92 Å². The van der Waals surface area contributed by atoms with Gasteiger partial charge >= 0.3 is 5.97 Å². The van der Waals surface area contributed by atoms with Gasteiger partial charge in [-0.2, -0.15) is 0 Å². The molecule has 1 saturated heterocycles. The molecule has 1 aromatic carbocycles. The van der Waals surface area contributed by atoms with Crippen molar-refractivity contribution in [2.24, 2.45) is 5.92 Å². The molecular weight excluding hydrogens is 254 g/mol. The number of carboxylic acids is 1. The Balaban J connectivity index is 2.07. The smallest absolute Gasteiger partial charge is 0.308 e. The highest BCUT2D eigenvalue weighted by atomic mass is 16.4. The summed E-state index contributed by atoms with van der Waals surface area (Å²) in [5, 5.41) is 9.06. The molecule has 106 valence electrons. The lowest BCUT2D eigenvalue weighted by Gasteiger charge is -2.31.